The molecule has 3 N–H and O–H groups in total. The van der Waals surface area contributed by atoms with Crippen molar-refractivity contribution in [3.63, 3.8) is 0 Å². The van der Waals surface area contributed by atoms with Crippen molar-refractivity contribution < 1.29 is 14.3 Å². The number of aromatic hydroxyl groups is 1. The number of nitrogens with zero attached hydrogens (tertiary/aromatic N) is 3. The van der Waals surface area contributed by atoms with Gasteiger partial charge in [-0.2, -0.15) is 5.10 Å². The van der Waals surface area contributed by atoms with Crippen molar-refractivity contribution in [2.45, 2.75) is 25.8 Å². The van der Waals surface area contributed by atoms with Gasteiger partial charge in [0.05, 0.1) is 11.9 Å². The Kier molecular flexibility index (Phi) is 4.94. The number of benzene rings is 1. The third kappa shape index (κ3) is 3.05. The third-order valence-electron chi connectivity index (χ3n) is 5.50. The number of likely N-dealkylation sites (tertiary alicyclic amines) is 1. The predicted octanol–water partition coefficient (Wildman–Crippen LogP) is 2.26. The average Bonchev–Trinajstić information content (AvgIpc) is 3.23. The third-order valence-corrected chi connectivity index (χ3v) is 5.50. The highest BCUT2D eigenvalue weighted by atomic mass is 35.5. The van der Waals surface area contributed by atoms with Gasteiger partial charge in [-0.05, 0) is 55.4 Å². The maximum absolute atomic E-state index is 13.3. The highest BCUT2D eigenvalue weighted by molar-refractivity contribution is 5.95. The lowest BCUT2D eigenvalue weighted by Gasteiger charge is -2.17. The second-order valence-corrected chi connectivity index (χ2v) is 7.11. The normalized spacial score (nSPS) is 24.4. The molecule has 26 heavy (non-hydrogen) atoms. The predicted molar refractivity (Wildman–Crippen MR) is 97.3 cm³/mol. The standard InChI is InChI=1S/C18H21FN4O2.ClH/c1-10-6-12(19)3-5-15(10)23-9-16(24)17(21-23)18(25)22-7-11-2-4-14(20)13(11)8-22;/h3,5-6,9,11,13-14,24H,2,4,7-8,20H2,1H3;1H. The largest absolute Gasteiger partial charge is 0.504 e. The van der Waals surface area contributed by atoms with Crippen LogP contribution in [-0.2, 0) is 0 Å². The first-order valence-electron chi connectivity index (χ1n) is 8.54. The van der Waals surface area contributed by atoms with E-state index in [2.05, 4.69) is 5.10 Å². The Balaban J connectivity index is 0.00000196. The minimum absolute atomic E-state index is 0. The zero-order valence-corrected chi connectivity index (χ0v) is 15.2. The molecule has 4 rings (SSSR count). The van der Waals surface area contributed by atoms with Gasteiger partial charge >= 0.3 is 0 Å². The zero-order valence-electron chi connectivity index (χ0n) is 14.4. The van der Waals surface area contributed by atoms with Gasteiger partial charge in [-0.25, -0.2) is 9.07 Å². The molecule has 2 aliphatic rings. The fourth-order valence-corrected chi connectivity index (χ4v) is 4.14. The van der Waals surface area contributed by atoms with E-state index in [4.69, 9.17) is 5.73 Å². The number of amides is 1. The van der Waals surface area contributed by atoms with E-state index < -0.39 is 0 Å². The molecule has 8 heteroatoms. The van der Waals surface area contributed by atoms with Crippen molar-refractivity contribution in [2.24, 2.45) is 17.6 Å². The van der Waals surface area contributed by atoms with Gasteiger partial charge in [-0.3, -0.25) is 4.79 Å². The highest BCUT2D eigenvalue weighted by Gasteiger charge is 2.43. The van der Waals surface area contributed by atoms with Crippen molar-refractivity contribution in [1.29, 1.82) is 0 Å². The van der Waals surface area contributed by atoms with Gasteiger partial charge in [0, 0.05) is 19.1 Å². The van der Waals surface area contributed by atoms with Crippen LogP contribution in [0.15, 0.2) is 24.4 Å². The summed E-state index contributed by atoms with van der Waals surface area (Å²) in [6.07, 6.45) is 3.45. The number of halogens is 2. The molecule has 3 atom stereocenters. The molecular weight excluding hydrogens is 359 g/mol. The first kappa shape index (κ1) is 18.7. The fourth-order valence-electron chi connectivity index (χ4n) is 4.14. The maximum Gasteiger partial charge on any atom is 0.278 e. The molecule has 0 spiro atoms. The summed E-state index contributed by atoms with van der Waals surface area (Å²) in [6, 6.07) is 4.44. The van der Waals surface area contributed by atoms with Gasteiger partial charge in [0.2, 0.25) is 0 Å². The molecule has 1 aliphatic heterocycles. The van der Waals surface area contributed by atoms with E-state index >= 15 is 0 Å². The lowest BCUT2D eigenvalue weighted by atomic mass is 9.98. The molecule has 2 fully saturated rings. The molecule has 1 aliphatic carbocycles. The van der Waals surface area contributed by atoms with E-state index in [0.717, 1.165) is 12.8 Å². The summed E-state index contributed by atoms with van der Waals surface area (Å²) in [5.41, 5.74) is 7.44. The summed E-state index contributed by atoms with van der Waals surface area (Å²) >= 11 is 0. The summed E-state index contributed by atoms with van der Waals surface area (Å²) < 4.78 is 14.7. The fraction of sp³-hybridized carbons (Fsp3) is 0.444. The quantitative estimate of drug-likeness (QED) is 0.837. The van der Waals surface area contributed by atoms with Crippen molar-refractivity contribution in [1.82, 2.24) is 14.7 Å². The van der Waals surface area contributed by atoms with E-state index in [9.17, 15) is 14.3 Å². The lowest BCUT2D eigenvalue weighted by molar-refractivity contribution is 0.0770. The molecule has 140 valence electrons. The minimum atomic E-state index is -0.339. The molecular formula is C18H22ClFN4O2. The molecule has 1 saturated heterocycles. The van der Waals surface area contributed by atoms with E-state index in [-0.39, 0.29) is 41.6 Å². The van der Waals surface area contributed by atoms with Crippen LogP contribution in [0, 0.1) is 24.6 Å². The highest BCUT2D eigenvalue weighted by Crippen LogP contribution is 2.38. The molecule has 6 nitrogen and oxygen atoms in total. The Labute approximate surface area is 157 Å². The molecule has 2 heterocycles. The Morgan fingerprint density at radius 3 is 2.81 bits per heavy atom. The first-order valence-corrected chi connectivity index (χ1v) is 8.54. The summed E-state index contributed by atoms with van der Waals surface area (Å²) in [5.74, 6) is -0.00313. The number of aryl methyl sites for hydroxylation is 1. The average molecular weight is 381 g/mol. The Morgan fingerprint density at radius 1 is 1.35 bits per heavy atom. The van der Waals surface area contributed by atoms with Crippen LogP contribution in [0.2, 0.25) is 0 Å². The summed E-state index contributed by atoms with van der Waals surface area (Å²) in [4.78, 5) is 14.5. The van der Waals surface area contributed by atoms with Crippen LogP contribution >= 0.6 is 12.4 Å². The molecule has 1 saturated carbocycles. The van der Waals surface area contributed by atoms with Crippen molar-refractivity contribution in [3.8, 4) is 11.4 Å². The summed E-state index contributed by atoms with van der Waals surface area (Å²) in [7, 11) is 0. The maximum atomic E-state index is 13.3. The number of aromatic nitrogens is 2. The Bertz CT molecular complexity index is 841. The van der Waals surface area contributed by atoms with Crippen LogP contribution in [0.3, 0.4) is 0 Å². The number of hydrogen-bond acceptors (Lipinski definition) is 4. The van der Waals surface area contributed by atoms with E-state index in [1.54, 1.807) is 17.9 Å². The van der Waals surface area contributed by atoms with Crippen molar-refractivity contribution in [2.75, 3.05) is 13.1 Å². The second-order valence-electron chi connectivity index (χ2n) is 7.11. The molecule has 0 radical (unpaired) electrons. The molecule has 0 bridgehead atoms. The minimum Gasteiger partial charge on any atom is -0.504 e. The van der Waals surface area contributed by atoms with Crippen LogP contribution in [0.4, 0.5) is 4.39 Å². The molecule has 1 amide bonds. The van der Waals surface area contributed by atoms with Crippen LogP contribution < -0.4 is 5.73 Å². The van der Waals surface area contributed by atoms with Gasteiger partial charge in [0.25, 0.3) is 5.91 Å². The zero-order chi connectivity index (χ0) is 17.7. The van der Waals surface area contributed by atoms with Gasteiger partial charge in [-0.1, -0.05) is 0 Å². The van der Waals surface area contributed by atoms with Crippen LogP contribution in [0.1, 0.15) is 28.9 Å². The first-order chi connectivity index (χ1) is 11.9. The van der Waals surface area contributed by atoms with Crippen LogP contribution in [0.5, 0.6) is 5.75 Å². The molecule has 1 aromatic carbocycles. The van der Waals surface area contributed by atoms with Crippen LogP contribution in [0.25, 0.3) is 5.69 Å². The SMILES string of the molecule is Cc1cc(F)ccc1-n1cc(O)c(C(=O)N2CC3CCC(N)C3C2)n1.Cl. The molecule has 3 unspecified atom stereocenters. The van der Waals surface area contributed by atoms with Gasteiger partial charge in [-0.15, -0.1) is 12.4 Å². The van der Waals surface area contributed by atoms with Crippen molar-refractivity contribution >= 4 is 18.3 Å². The van der Waals surface area contributed by atoms with Gasteiger partial charge < -0.3 is 15.7 Å². The number of fused-ring (bicyclic) bond motifs is 1. The number of nitrogens with two attached hydrogens (primary N) is 1. The number of carbonyl (C=O) groups excluding carboxylic acids is 1. The van der Waals surface area contributed by atoms with Crippen molar-refractivity contribution in [3.05, 3.63) is 41.5 Å². The topological polar surface area (TPSA) is 84.4 Å². The van der Waals surface area contributed by atoms with E-state index in [1.807, 2.05) is 0 Å². The van der Waals surface area contributed by atoms with Gasteiger partial charge in [0.1, 0.15) is 5.82 Å². The lowest BCUT2D eigenvalue weighted by Crippen LogP contribution is -2.33. The van der Waals surface area contributed by atoms with Gasteiger partial charge in [0.15, 0.2) is 11.4 Å². The summed E-state index contributed by atoms with van der Waals surface area (Å²) in [6.45, 7) is 3.04. The van der Waals surface area contributed by atoms with Crippen LogP contribution in [-0.4, -0.2) is 44.8 Å². The Morgan fingerprint density at radius 2 is 2.12 bits per heavy atom. The molecule has 1 aromatic heterocycles. The van der Waals surface area contributed by atoms with E-state index in [1.165, 1.54) is 23.0 Å². The molecule has 2 aromatic rings. The smallest absolute Gasteiger partial charge is 0.278 e. The number of rotatable bonds is 2. The van der Waals surface area contributed by atoms with E-state index in [0.29, 0.717) is 36.2 Å². The monoisotopic (exact) mass is 380 g/mol. The Hall–Kier alpha value is -2.12. The number of hydrogen-bond donors (Lipinski definition) is 2. The summed E-state index contributed by atoms with van der Waals surface area (Å²) in [5, 5.41) is 14.4. The second kappa shape index (κ2) is 6.89. The number of carbonyl (C=O) groups is 1.